The largest absolute Gasteiger partial charge is 0.354 e. The Labute approximate surface area is 113 Å². The number of carbonyl (C=O) groups excluding carboxylic acids is 2. The number of carbonyl (C=O) groups is 2. The second-order valence-electron chi connectivity index (χ2n) is 5.58. The molecule has 5 heteroatoms. The van der Waals surface area contributed by atoms with Crippen molar-refractivity contribution in [3.63, 3.8) is 0 Å². The summed E-state index contributed by atoms with van der Waals surface area (Å²) >= 11 is 0. The van der Waals surface area contributed by atoms with E-state index in [1.807, 2.05) is 0 Å². The van der Waals surface area contributed by atoms with Crippen LogP contribution in [0.25, 0.3) is 0 Å². The maximum atomic E-state index is 12.1. The van der Waals surface area contributed by atoms with Crippen molar-refractivity contribution in [2.75, 3.05) is 13.1 Å². The van der Waals surface area contributed by atoms with Crippen LogP contribution in [0.15, 0.2) is 0 Å². The zero-order valence-corrected chi connectivity index (χ0v) is 11.2. The Balaban J connectivity index is 1.70. The molecule has 104 valence electrons. The summed E-state index contributed by atoms with van der Waals surface area (Å²) in [5.74, 6) is 0.108. The van der Waals surface area contributed by atoms with Crippen LogP contribution in [0.5, 0.6) is 0 Å². The molecule has 0 saturated heterocycles. The third-order valence-corrected chi connectivity index (χ3v) is 4.01. The molecule has 0 aliphatic heterocycles. The lowest BCUT2D eigenvalue weighted by molar-refractivity contribution is -0.130. The molecule has 5 nitrogen and oxygen atoms in total. The Morgan fingerprint density at radius 3 is 2.32 bits per heavy atom. The quantitative estimate of drug-likeness (QED) is 0.729. The van der Waals surface area contributed by atoms with E-state index in [1.165, 1.54) is 0 Å². The first-order valence-corrected chi connectivity index (χ1v) is 7.15. The van der Waals surface area contributed by atoms with Gasteiger partial charge in [-0.2, -0.15) is 5.26 Å². The van der Waals surface area contributed by atoms with E-state index in [0.29, 0.717) is 25.9 Å². The van der Waals surface area contributed by atoms with Crippen LogP contribution in [-0.2, 0) is 9.59 Å². The molecule has 2 aliphatic rings. The Hall–Kier alpha value is -1.57. The fraction of sp³-hybridized carbons (Fsp3) is 0.786. The van der Waals surface area contributed by atoms with E-state index in [4.69, 9.17) is 0 Å². The van der Waals surface area contributed by atoms with E-state index in [1.54, 1.807) is 0 Å². The van der Waals surface area contributed by atoms with E-state index >= 15 is 0 Å². The molecule has 0 spiro atoms. The lowest BCUT2D eigenvalue weighted by Gasteiger charge is -2.29. The fourth-order valence-electron chi connectivity index (χ4n) is 2.57. The second-order valence-corrected chi connectivity index (χ2v) is 5.58. The van der Waals surface area contributed by atoms with Crippen molar-refractivity contribution in [3.8, 4) is 6.07 Å². The molecule has 2 saturated carbocycles. The van der Waals surface area contributed by atoms with E-state index in [0.717, 1.165) is 32.1 Å². The smallest absolute Gasteiger partial charge is 0.240 e. The van der Waals surface area contributed by atoms with Crippen molar-refractivity contribution in [2.24, 2.45) is 11.3 Å². The lowest BCUT2D eigenvalue weighted by Crippen LogP contribution is -2.44. The Morgan fingerprint density at radius 2 is 1.74 bits per heavy atom. The average molecular weight is 263 g/mol. The summed E-state index contributed by atoms with van der Waals surface area (Å²) in [5.41, 5.74) is -0.835. The molecule has 0 atom stereocenters. The van der Waals surface area contributed by atoms with Gasteiger partial charge in [0, 0.05) is 19.0 Å². The van der Waals surface area contributed by atoms with Gasteiger partial charge in [0.2, 0.25) is 11.8 Å². The summed E-state index contributed by atoms with van der Waals surface area (Å²) in [6.45, 7) is 0.851. The van der Waals surface area contributed by atoms with Gasteiger partial charge < -0.3 is 10.6 Å². The van der Waals surface area contributed by atoms with E-state index < -0.39 is 5.41 Å². The van der Waals surface area contributed by atoms with Crippen LogP contribution in [0.2, 0.25) is 0 Å². The fourth-order valence-corrected chi connectivity index (χ4v) is 2.57. The molecule has 2 N–H and O–H groups in total. The Bertz CT molecular complexity index is 390. The first-order valence-electron chi connectivity index (χ1n) is 7.15. The van der Waals surface area contributed by atoms with Gasteiger partial charge in [-0.25, -0.2) is 0 Å². The van der Waals surface area contributed by atoms with Gasteiger partial charge in [-0.3, -0.25) is 9.59 Å². The van der Waals surface area contributed by atoms with Crippen molar-refractivity contribution < 1.29 is 9.59 Å². The highest BCUT2D eigenvalue weighted by molar-refractivity contribution is 5.85. The van der Waals surface area contributed by atoms with Crippen molar-refractivity contribution in [1.82, 2.24) is 10.6 Å². The number of nitriles is 1. The topological polar surface area (TPSA) is 82.0 Å². The van der Waals surface area contributed by atoms with Gasteiger partial charge in [0.1, 0.15) is 5.41 Å². The lowest BCUT2D eigenvalue weighted by atomic mass is 9.74. The van der Waals surface area contributed by atoms with Crippen molar-refractivity contribution >= 4 is 11.8 Å². The third kappa shape index (κ3) is 3.46. The van der Waals surface area contributed by atoms with E-state index in [-0.39, 0.29) is 17.7 Å². The molecule has 0 heterocycles. The Morgan fingerprint density at radius 1 is 1.11 bits per heavy atom. The Kier molecular flexibility index (Phi) is 4.41. The van der Waals surface area contributed by atoms with Crippen LogP contribution < -0.4 is 10.6 Å². The number of hydrogen-bond donors (Lipinski definition) is 2. The van der Waals surface area contributed by atoms with Crippen LogP contribution >= 0.6 is 0 Å². The summed E-state index contributed by atoms with van der Waals surface area (Å²) in [7, 11) is 0. The average Bonchev–Trinajstić information content (AvgIpc) is 3.28. The predicted octanol–water partition coefficient (Wildman–Crippen LogP) is 1.10. The highest BCUT2D eigenvalue weighted by atomic mass is 16.2. The van der Waals surface area contributed by atoms with Gasteiger partial charge in [-0.05, 0) is 25.7 Å². The maximum absolute atomic E-state index is 12.1. The van der Waals surface area contributed by atoms with E-state index in [9.17, 15) is 14.9 Å². The molecule has 2 fully saturated rings. The number of rotatable bonds is 5. The van der Waals surface area contributed by atoms with Crippen LogP contribution in [-0.4, -0.2) is 24.9 Å². The first kappa shape index (κ1) is 13.9. The van der Waals surface area contributed by atoms with Gasteiger partial charge in [0.25, 0.3) is 0 Å². The zero-order valence-electron chi connectivity index (χ0n) is 11.2. The van der Waals surface area contributed by atoms with Gasteiger partial charge in [-0.1, -0.05) is 19.3 Å². The molecule has 0 aromatic heterocycles. The van der Waals surface area contributed by atoms with Crippen molar-refractivity contribution in [1.29, 1.82) is 5.26 Å². The molecule has 2 aliphatic carbocycles. The monoisotopic (exact) mass is 263 g/mol. The molecular formula is C14H21N3O2. The molecule has 19 heavy (non-hydrogen) atoms. The summed E-state index contributed by atoms with van der Waals surface area (Å²) in [4.78, 5) is 23.5. The molecule has 2 rings (SSSR count). The molecule has 0 unspecified atom stereocenters. The molecule has 0 radical (unpaired) electrons. The minimum Gasteiger partial charge on any atom is -0.354 e. The third-order valence-electron chi connectivity index (χ3n) is 4.01. The maximum Gasteiger partial charge on any atom is 0.240 e. The van der Waals surface area contributed by atoms with E-state index in [2.05, 4.69) is 16.7 Å². The number of nitrogens with zero attached hydrogens (tertiary/aromatic N) is 1. The molecule has 2 amide bonds. The zero-order chi connectivity index (χ0) is 13.7. The normalized spacial score (nSPS) is 21.2. The first-order chi connectivity index (χ1) is 9.18. The minimum atomic E-state index is -0.835. The number of nitrogens with one attached hydrogen (secondary N) is 2. The highest BCUT2D eigenvalue weighted by Gasteiger charge is 2.39. The number of amides is 2. The van der Waals surface area contributed by atoms with Crippen molar-refractivity contribution in [2.45, 2.75) is 44.9 Å². The summed E-state index contributed by atoms with van der Waals surface area (Å²) in [6.07, 6.45) is 6.27. The summed E-state index contributed by atoms with van der Waals surface area (Å²) < 4.78 is 0. The van der Waals surface area contributed by atoms with Crippen LogP contribution in [0.1, 0.15) is 44.9 Å². The highest BCUT2D eigenvalue weighted by Crippen LogP contribution is 2.35. The van der Waals surface area contributed by atoms with Crippen LogP contribution in [0.4, 0.5) is 0 Å². The van der Waals surface area contributed by atoms with Crippen LogP contribution in [0.3, 0.4) is 0 Å². The predicted molar refractivity (Wildman–Crippen MR) is 69.9 cm³/mol. The van der Waals surface area contributed by atoms with Crippen molar-refractivity contribution in [3.05, 3.63) is 0 Å². The standard InChI is InChI=1S/C14H21N3O2/c15-10-14(6-2-1-3-7-14)13(19)17-9-8-16-12(18)11-4-5-11/h11H,1-9H2,(H,16,18)(H,17,19). The molecule has 0 aromatic carbocycles. The van der Waals surface area contributed by atoms with Gasteiger partial charge in [0.05, 0.1) is 6.07 Å². The van der Waals surface area contributed by atoms with Crippen LogP contribution in [0, 0.1) is 22.7 Å². The van der Waals surface area contributed by atoms with Gasteiger partial charge in [0.15, 0.2) is 0 Å². The molecule has 0 aromatic rings. The molecular weight excluding hydrogens is 242 g/mol. The minimum absolute atomic E-state index is 0.0851. The SMILES string of the molecule is N#CC1(C(=O)NCCNC(=O)C2CC2)CCCCC1. The second kappa shape index (κ2) is 6.05. The summed E-state index contributed by atoms with van der Waals surface area (Å²) in [5, 5.41) is 14.8. The summed E-state index contributed by atoms with van der Waals surface area (Å²) in [6, 6.07) is 2.20. The van der Waals surface area contributed by atoms with Gasteiger partial charge in [-0.15, -0.1) is 0 Å². The number of hydrogen-bond acceptors (Lipinski definition) is 3. The van der Waals surface area contributed by atoms with Gasteiger partial charge >= 0.3 is 0 Å². The molecule has 0 bridgehead atoms.